The molecule has 3 amide bonds. The van der Waals surface area contributed by atoms with Crippen LogP contribution in [0.1, 0.15) is 52.4 Å². The molecule has 0 spiro atoms. The van der Waals surface area contributed by atoms with Crippen LogP contribution in [-0.2, 0) is 24.0 Å². The minimum atomic E-state index is -1.32. The summed E-state index contributed by atoms with van der Waals surface area (Å²) in [5.74, 6) is -5.54. The number of carbonyl (C=O) groups is 5. The Kier molecular flexibility index (Phi) is 16.2. The molecule has 0 aliphatic heterocycles. The lowest BCUT2D eigenvalue weighted by atomic mass is 10.0. The predicted octanol–water partition coefficient (Wildman–Crippen LogP) is -3.52. The smallest absolute Gasteiger partial charge is 0.326 e. The Morgan fingerprint density at radius 3 is 1.69 bits per heavy atom. The van der Waals surface area contributed by atoms with Gasteiger partial charge in [0.15, 0.2) is 11.9 Å². The lowest BCUT2D eigenvalue weighted by molar-refractivity contribution is -0.142. The van der Waals surface area contributed by atoms with Gasteiger partial charge in [0, 0.05) is 19.5 Å². The summed E-state index contributed by atoms with van der Waals surface area (Å²) in [6.45, 7) is 3.64. The number of nitrogens with one attached hydrogen (secondary N) is 3. The van der Waals surface area contributed by atoms with E-state index in [0.29, 0.717) is 6.42 Å². The fraction of sp³-hybridized carbons (Fsp3) is 0.682. The van der Waals surface area contributed by atoms with Gasteiger partial charge in [-0.2, -0.15) is 0 Å². The number of nitrogens with two attached hydrogens (primary N) is 5. The molecule has 4 unspecified atom stereocenters. The Hall–Kier alpha value is -4.15. The van der Waals surface area contributed by atoms with E-state index in [9.17, 15) is 29.1 Å². The standard InChI is InChI=1S/C22H42N10O7/c1-11(2)16(19(37)31-14(20(38)39)6-4-10-29-22(26)27)32-18(36)13(7-8-15(33)34)30-17(35)12(23)5-3-9-28-21(24)25/h11-14,16H,3-10,23H2,1-2H3,(H,30,35)(H,31,37)(H,32,36)(H,33,34)(H,38,39)(H4,24,25,28)(H4,26,27,29). The van der Waals surface area contributed by atoms with Crippen LogP contribution >= 0.6 is 0 Å². The molecule has 0 aromatic rings. The number of carboxylic acids is 2. The molecule has 0 bridgehead atoms. The fourth-order valence-corrected chi connectivity index (χ4v) is 3.28. The van der Waals surface area contributed by atoms with Crippen LogP contribution in [0, 0.1) is 5.92 Å². The third kappa shape index (κ3) is 15.6. The third-order valence-electron chi connectivity index (χ3n) is 5.39. The molecule has 4 atom stereocenters. The second-order valence-corrected chi connectivity index (χ2v) is 9.13. The summed E-state index contributed by atoms with van der Waals surface area (Å²) in [7, 11) is 0. The van der Waals surface area contributed by atoms with Gasteiger partial charge in [0.25, 0.3) is 0 Å². The van der Waals surface area contributed by atoms with Gasteiger partial charge < -0.3 is 54.8 Å². The normalized spacial score (nSPS) is 13.7. The molecule has 0 saturated carbocycles. The molecule has 0 aromatic heterocycles. The average Bonchev–Trinajstić information content (AvgIpc) is 2.83. The summed E-state index contributed by atoms with van der Waals surface area (Å²) < 4.78 is 0. The molecule has 0 saturated heterocycles. The molecule has 0 aromatic carbocycles. The first-order chi connectivity index (χ1) is 18.1. The minimum absolute atomic E-state index is 0.0228. The highest BCUT2D eigenvalue weighted by molar-refractivity contribution is 5.94. The van der Waals surface area contributed by atoms with E-state index in [0.717, 1.165) is 0 Å². The number of nitrogens with zero attached hydrogens (tertiary/aromatic N) is 2. The number of carbonyl (C=O) groups excluding carboxylic acids is 3. The number of hydrogen-bond donors (Lipinski definition) is 10. The van der Waals surface area contributed by atoms with Gasteiger partial charge in [0.05, 0.1) is 6.04 Å². The van der Waals surface area contributed by atoms with Crippen molar-refractivity contribution in [2.45, 2.75) is 76.5 Å². The van der Waals surface area contributed by atoms with Crippen LogP contribution in [0.2, 0.25) is 0 Å². The second kappa shape index (κ2) is 18.2. The van der Waals surface area contributed by atoms with Crippen molar-refractivity contribution in [3.05, 3.63) is 0 Å². The molecule has 39 heavy (non-hydrogen) atoms. The minimum Gasteiger partial charge on any atom is -0.481 e. The molecular formula is C22H42N10O7. The molecule has 17 heteroatoms. The molecule has 0 aliphatic rings. The molecule has 0 aliphatic carbocycles. The molecular weight excluding hydrogens is 516 g/mol. The highest BCUT2D eigenvalue weighted by Crippen LogP contribution is 2.08. The van der Waals surface area contributed by atoms with E-state index in [4.69, 9.17) is 33.8 Å². The summed E-state index contributed by atoms with van der Waals surface area (Å²) in [4.78, 5) is 68.7. The maximum Gasteiger partial charge on any atom is 0.326 e. The fourth-order valence-electron chi connectivity index (χ4n) is 3.28. The zero-order chi connectivity index (χ0) is 30.1. The molecule has 0 heterocycles. The van der Waals surface area contributed by atoms with E-state index in [-0.39, 0.29) is 50.7 Å². The second-order valence-electron chi connectivity index (χ2n) is 9.13. The van der Waals surface area contributed by atoms with Crippen LogP contribution in [0.3, 0.4) is 0 Å². The van der Waals surface area contributed by atoms with Gasteiger partial charge in [-0.3, -0.25) is 29.2 Å². The molecule has 0 radical (unpaired) electrons. The topological polar surface area (TPSA) is 317 Å². The maximum atomic E-state index is 13.0. The van der Waals surface area contributed by atoms with Gasteiger partial charge in [0.2, 0.25) is 17.7 Å². The molecule has 15 N–H and O–H groups in total. The number of guanidine groups is 2. The van der Waals surface area contributed by atoms with E-state index < -0.39 is 66.2 Å². The predicted molar refractivity (Wildman–Crippen MR) is 143 cm³/mol. The van der Waals surface area contributed by atoms with E-state index in [1.54, 1.807) is 13.8 Å². The number of hydrogen-bond acceptors (Lipinski definition) is 8. The summed E-state index contributed by atoms with van der Waals surface area (Å²) in [6.07, 6.45) is 0.131. The Morgan fingerprint density at radius 1 is 0.718 bits per heavy atom. The van der Waals surface area contributed by atoms with Gasteiger partial charge in [-0.05, 0) is 38.0 Å². The zero-order valence-electron chi connectivity index (χ0n) is 22.3. The summed E-state index contributed by atoms with van der Waals surface area (Å²) in [5, 5.41) is 25.8. The van der Waals surface area contributed by atoms with E-state index in [1.807, 2.05) is 0 Å². The van der Waals surface area contributed by atoms with Gasteiger partial charge in [-0.15, -0.1) is 0 Å². The van der Waals surface area contributed by atoms with Crippen LogP contribution in [0.4, 0.5) is 0 Å². The zero-order valence-corrected chi connectivity index (χ0v) is 22.3. The van der Waals surface area contributed by atoms with Crippen molar-refractivity contribution in [2.75, 3.05) is 13.1 Å². The van der Waals surface area contributed by atoms with Crippen LogP contribution in [-0.4, -0.2) is 89.0 Å². The van der Waals surface area contributed by atoms with Crippen molar-refractivity contribution in [2.24, 2.45) is 44.6 Å². The van der Waals surface area contributed by atoms with Crippen molar-refractivity contribution in [3.63, 3.8) is 0 Å². The largest absolute Gasteiger partial charge is 0.481 e. The Bertz CT molecular complexity index is 902. The highest BCUT2D eigenvalue weighted by Gasteiger charge is 2.32. The van der Waals surface area contributed by atoms with Gasteiger partial charge >= 0.3 is 11.9 Å². The van der Waals surface area contributed by atoms with Crippen LogP contribution in [0.5, 0.6) is 0 Å². The number of amides is 3. The quantitative estimate of drug-likeness (QED) is 0.0419. The van der Waals surface area contributed by atoms with Crippen LogP contribution < -0.4 is 44.6 Å². The Labute approximate surface area is 226 Å². The van der Waals surface area contributed by atoms with E-state index >= 15 is 0 Å². The van der Waals surface area contributed by atoms with Gasteiger partial charge in [-0.25, -0.2) is 4.79 Å². The summed E-state index contributed by atoms with van der Waals surface area (Å²) >= 11 is 0. The third-order valence-corrected chi connectivity index (χ3v) is 5.39. The summed E-state index contributed by atoms with van der Waals surface area (Å²) in [5.41, 5.74) is 26.8. The molecule has 0 rings (SSSR count). The van der Waals surface area contributed by atoms with Crippen LogP contribution in [0.25, 0.3) is 0 Å². The highest BCUT2D eigenvalue weighted by atomic mass is 16.4. The SMILES string of the molecule is CC(C)C(NC(=O)C(CCC(=O)O)NC(=O)C(N)CCCN=C(N)N)C(=O)NC(CCCN=C(N)N)C(=O)O. The first kappa shape index (κ1) is 34.9. The van der Waals surface area contributed by atoms with Crippen molar-refractivity contribution >= 4 is 41.6 Å². The molecule has 222 valence electrons. The monoisotopic (exact) mass is 558 g/mol. The van der Waals surface area contributed by atoms with Crippen molar-refractivity contribution in [3.8, 4) is 0 Å². The molecule has 0 fully saturated rings. The van der Waals surface area contributed by atoms with Crippen LogP contribution in [0.15, 0.2) is 9.98 Å². The lowest BCUT2D eigenvalue weighted by Gasteiger charge is -2.27. The maximum absolute atomic E-state index is 13.0. The number of rotatable bonds is 19. The number of carboxylic acid groups (broad SMARTS) is 2. The average molecular weight is 559 g/mol. The first-order valence-corrected chi connectivity index (χ1v) is 12.4. The van der Waals surface area contributed by atoms with Gasteiger partial charge in [-0.1, -0.05) is 13.8 Å². The first-order valence-electron chi connectivity index (χ1n) is 12.4. The Morgan fingerprint density at radius 2 is 1.23 bits per heavy atom. The number of aliphatic carboxylic acids is 2. The van der Waals surface area contributed by atoms with E-state index in [1.165, 1.54) is 0 Å². The Balaban J connectivity index is 5.40. The summed E-state index contributed by atoms with van der Waals surface area (Å²) in [6, 6.07) is -4.81. The van der Waals surface area contributed by atoms with Crippen molar-refractivity contribution < 1.29 is 34.2 Å². The number of aliphatic imine (C=N–C) groups is 2. The van der Waals surface area contributed by atoms with Crippen molar-refractivity contribution in [1.29, 1.82) is 0 Å². The van der Waals surface area contributed by atoms with Crippen molar-refractivity contribution in [1.82, 2.24) is 16.0 Å². The van der Waals surface area contributed by atoms with Gasteiger partial charge in [0.1, 0.15) is 18.1 Å². The van der Waals surface area contributed by atoms with E-state index in [2.05, 4.69) is 25.9 Å². The molecule has 17 nitrogen and oxygen atoms in total. The lowest BCUT2D eigenvalue weighted by Crippen LogP contribution is -2.58.